The number of para-hydroxylation sites is 1. The second kappa shape index (κ2) is 6.07. The lowest BCUT2D eigenvalue weighted by Crippen LogP contribution is -2.41. The van der Waals surface area contributed by atoms with Crippen molar-refractivity contribution in [3.05, 3.63) is 54.6 Å². The van der Waals surface area contributed by atoms with E-state index in [1.165, 1.54) is 0 Å². The summed E-state index contributed by atoms with van der Waals surface area (Å²) in [5.41, 5.74) is 2.14. The highest BCUT2D eigenvalue weighted by Crippen LogP contribution is 2.31. The van der Waals surface area contributed by atoms with Crippen LogP contribution in [0.4, 0.5) is 0 Å². The number of rotatable bonds is 3. The third-order valence-corrected chi connectivity index (χ3v) is 3.52. The Morgan fingerprint density at radius 1 is 1.00 bits per heavy atom. The van der Waals surface area contributed by atoms with Crippen molar-refractivity contribution in [3.63, 3.8) is 0 Å². The molecule has 0 saturated carbocycles. The number of hydrogen-bond acceptors (Lipinski definition) is 3. The van der Waals surface area contributed by atoms with E-state index in [9.17, 15) is 5.11 Å². The average Bonchev–Trinajstić information content (AvgIpc) is 2.51. The van der Waals surface area contributed by atoms with Crippen molar-refractivity contribution >= 4 is 0 Å². The molecule has 1 aliphatic rings. The first-order valence-electron chi connectivity index (χ1n) is 6.91. The first-order chi connectivity index (χ1) is 9.84. The van der Waals surface area contributed by atoms with Crippen LogP contribution in [0, 0.1) is 0 Å². The van der Waals surface area contributed by atoms with Gasteiger partial charge in [0.05, 0.1) is 12.7 Å². The van der Waals surface area contributed by atoms with E-state index in [0.29, 0.717) is 19.6 Å². The van der Waals surface area contributed by atoms with Crippen molar-refractivity contribution in [1.82, 2.24) is 0 Å². The fourth-order valence-electron chi connectivity index (χ4n) is 2.40. The topological polar surface area (TPSA) is 38.7 Å². The molecule has 3 nitrogen and oxygen atoms in total. The Hall–Kier alpha value is -1.84. The molecular formula is C17H18O3. The Morgan fingerprint density at radius 3 is 2.55 bits per heavy atom. The van der Waals surface area contributed by atoms with Gasteiger partial charge in [-0.25, -0.2) is 0 Å². The molecule has 1 saturated heterocycles. The van der Waals surface area contributed by atoms with E-state index < -0.39 is 6.10 Å². The van der Waals surface area contributed by atoms with Crippen molar-refractivity contribution in [3.8, 4) is 16.9 Å². The van der Waals surface area contributed by atoms with Crippen molar-refractivity contribution in [2.24, 2.45) is 0 Å². The first kappa shape index (κ1) is 13.2. The Bertz CT molecular complexity index is 553. The van der Waals surface area contributed by atoms with Crippen molar-refractivity contribution < 1.29 is 14.6 Å². The Morgan fingerprint density at radius 2 is 1.75 bits per heavy atom. The predicted octanol–water partition coefficient (Wildman–Crippen LogP) is 2.88. The monoisotopic (exact) mass is 270 g/mol. The van der Waals surface area contributed by atoms with Crippen LogP contribution in [0.2, 0.25) is 0 Å². The molecule has 2 unspecified atom stereocenters. The van der Waals surface area contributed by atoms with Gasteiger partial charge in [-0.3, -0.25) is 0 Å². The van der Waals surface area contributed by atoms with Gasteiger partial charge in [0.15, 0.2) is 0 Å². The maximum atomic E-state index is 9.99. The lowest BCUT2D eigenvalue weighted by Gasteiger charge is -2.29. The standard InChI is InChI=1S/C17H18O3/c18-15-10-11-19-12-17(15)20-16-9-5-4-8-14(16)13-6-2-1-3-7-13/h1-9,15,17-18H,10-12H2. The van der Waals surface area contributed by atoms with Gasteiger partial charge in [0.1, 0.15) is 11.9 Å². The molecule has 1 aliphatic heterocycles. The molecule has 1 heterocycles. The lowest BCUT2D eigenvalue weighted by atomic mass is 10.0. The van der Waals surface area contributed by atoms with Crippen LogP contribution in [0.15, 0.2) is 54.6 Å². The highest BCUT2D eigenvalue weighted by Gasteiger charge is 2.26. The minimum Gasteiger partial charge on any atom is -0.485 e. The van der Waals surface area contributed by atoms with E-state index in [0.717, 1.165) is 16.9 Å². The minimum atomic E-state index is -0.465. The molecule has 0 amide bonds. The van der Waals surface area contributed by atoms with Gasteiger partial charge < -0.3 is 14.6 Å². The summed E-state index contributed by atoms with van der Waals surface area (Å²) < 4.78 is 11.4. The van der Waals surface area contributed by atoms with Crippen LogP contribution < -0.4 is 4.74 Å². The molecule has 2 aromatic carbocycles. The summed E-state index contributed by atoms with van der Waals surface area (Å²) in [6, 6.07) is 18.0. The fourth-order valence-corrected chi connectivity index (χ4v) is 2.40. The third kappa shape index (κ3) is 2.84. The average molecular weight is 270 g/mol. The second-order valence-electron chi connectivity index (χ2n) is 4.95. The summed E-state index contributed by atoms with van der Waals surface area (Å²) in [5, 5.41) is 9.99. The quantitative estimate of drug-likeness (QED) is 0.932. The van der Waals surface area contributed by atoms with Crippen molar-refractivity contribution in [2.75, 3.05) is 13.2 Å². The summed E-state index contributed by atoms with van der Waals surface area (Å²) in [6.07, 6.45) is -0.140. The van der Waals surface area contributed by atoms with Gasteiger partial charge in [-0.2, -0.15) is 0 Å². The molecule has 104 valence electrons. The normalized spacial score (nSPS) is 22.4. The Kier molecular flexibility index (Phi) is 4.00. The zero-order chi connectivity index (χ0) is 13.8. The van der Waals surface area contributed by atoms with E-state index in [1.807, 2.05) is 42.5 Å². The molecule has 0 aromatic heterocycles. The number of benzene rings is 2. The molecule has 2 aromatic rings. The van der Waals surface area contributed by atoms with Gasteiger partial charge in [0.25, 0.3) is 0 Å². The van der Waals surface area contributed by atoms with E-state index in [2.05, 4.69) is 12.1 Å². The highest BCUT2D eigenvalue weighted by molar-refractivity contribution is 5.70. The molecule has 3 rings (SSSR count). The van der Waals surface area contributed by atoms with Gasteiger partial charge in [0, 0.05) is 18.6 Å². The molecule has 1 fully saturated rings. The number of ether oxygens (including phenoxy) is 2. The molecule has 2 atom stereocenters. The molecule has 0 aliphatic carbocycles. The highest BCUT2D eigenvalue weighted by atomic mass is 16.5. The number of hydrogen-bond donors (Lipinski definition) is 1. The number of aliphatic hydroxyl groups excluding tert-OH is 1. The maximum Gasteiger partial charge on any atom is 0.148 e. The van der Waals surface area contributed by atoms with Gasteiger partial charge >= 0.3 is 0 Å². The van der Waals surface area contributed by atoms with Crippen molar-refractivity contribution in [1.29, 1.82) is 0 Å². The minimum absolute atomic E-state index is 0.298. The summed E-state index contributed by atoms with van der Waals surface area (Å²) >= 11 is 0. The Balaban J connectivity index is 1.86. The third-order valence-electron chi connectivity index (χ3n) is 3.52. The van der Waals surface area contributed by atoms with Crippen LogP contribution in [-0.2, 0) is 4.74 Å². The predicted molar refractivity (Wildman–Crippen MR) is 77.7 cm³/mol. The molecule has 0 bridgehead atoms. The zero-order valence-corrected chi connectivity index (χ0v) is 11.2. The largest absolute Gasteiger partial charge is 0.485 e. The zero-order valence-electron chi connectivity index (χ0n) is 11.2. The van der Waals surface area contributed by atoms with Crippen LogP contribution in [0.3, 0.4) is 0 Å². The Labute approximate surface area is 118 Å². The molecule has 0 spiro atoms. The van der Waals surface area contributed by atoms with E-state index in [-0.39, 0.29) is 6.10 Å². The summed E-state index contributed by atoms with van der Waals surface area (Å²) in [5.74, 6) is 0.785. The molecule has 3 heteroatoms. The van der Waals surface area contributed by atoms with Gasteiger partial charge in [-0.1, -0.05) is 48.5 Å². The second-order valence-corrected chi connectivity index (χ2v) is 4.95. The van der Waals surface area contributed by atoms with Gasteiger partial charge in [-0.05, 0) is 11.6 Å². The van der Waals surface area contributed by atoms with Gasteiger partial charge in [-0.15, -0.1) is 0 Å². The lowest BCUT2D eigenvalue weighted by molar-refractivity contribution is -0.0733. The van der Waals surface area contributed by atoms with Crippen LogP contribution in [-0.4, -0.2) is 30.5 Å². The van der Waals surface area contributed by atoms with Crippen molar-refractivity contribution in [2.45, 2.75) is 18.6 Å². The summed E-state index contributed by atoms with van der Waals surface area (Å²) in [4.78, 5) is 0. The SMILES string of the molecule is OC1CCOCC1Oc1ccccc1-c1ccccc1. The van der Waals surface area contributed by atoms with E-state index in [4.69, 9.17) is 9.47 Å². The van der Waals surface area contributed by atoms with Crippen LogP contribution >= 0.6 is 0 Å². The summed E-state index contributed by atoms with van der Waals surface area (Å²) in [7, 11) is 0. The van der Waals surface area contributed by atoms with E-state index in [1.54, 1.807) is 0 Å². The first-order valence-corrected chi connectivity index (χ1v) is 6.91. The smallest absolute Gasteiger partial charge is 0.148 e. The van der Waals surface area contributed by atoms with Gasteiger partial charge in [0.2, 0.25) is 0 Å². The molecular weight excluding hydrogens is 252 g/mol. The van der Waals surface area contributed by atoms with Crippen LogP contribution in [0.5, 0.6) is 5.75 Å². The molecule has 20 heavy (non-hydrogen) atoms. The van der Waals surface area contributed by atoms with Crippen LogP contribution in [0.1, 0.15) is 6.42 Å². The maximum absolute atomic E-state index is 9.99. The fraction of sp³-hybridized carbons (Fsp3) is 0.294. The molecule has 0 radical (unpaired) electrons. The van der Waals surface area contributed by atoms with Crippen LogP contribution in [0.25, 0.3) is 11.1 Å². The number of aliphatic hydroxyl groups is 1. The van der Waals surface area contributed by atoms with E-state index >= 15 is 0 Å². The summed E-state index contributed by atoms with van der Waals surface area (Å²) in [6.45, 7) is 1.03. The molecule has 1 N–H and O–H groups in total.